The molecule has 142 valence electrons. The van der Waals surface area contributed by atoms with E-state index in [0.29, 0.717) is 23.0 Å². The van der Waals surface area contributed by atoms with Gasteiger partial charge < -0.3 is 10.0 Å². The van der Waals surface area contributed by atoms with Crippen LogP contribution in [-0.4, -0.2) is 43.7 Å². The lowest BCUT2D eigenvalue weighted by Gasteiger charge is -2.58. The zero-order valence-electron chi connectivity index (χ0n) is 14.2. The van der Waals surface area contributed by atoms with Gasteiger partial charge in [-0.1, -0.05) is 0 Å². The van der Waals surface area contributed by atoms with Crippen LogP contribution in [0.2, 0.25) is 0 Å². The zero-order chi connectivity index (χ0) is 19.4. The molecule has 1 aromatic heterocycles. The smallest absolute Gasteiger partial charge is 0.434 e. The number of halogens is 3. The van der Waals surface area contributed by atoms with Crippen LogP contribution in [0, 0.1) is 0 Å². The van der Waals surface area contributed by atoms with E-state index < -0.39 is 23.4 Å². The van der Waals surface area contributed by atoms with Crippen molar-refractivity contribution in [2.75, 3.05) is 6.54 Å². The van der Waals surface area contributed by atoms with Crippen LogP contribution >= 0.6 is 0 Å². The summed E-state index contributed by atoms with van der Waals surface area (Å²) >= 11 is 0. The van der Waals surface area contributed by atoms with Crippen molar-refractivity contribution >= 4 is 11.9 Å². The largest absolute Gasteiger partial charge is 0.478 e. The van der Waals surface area contributed by atoms with Gasteiger partial charge in [0.2, 0.25) is 0 Å². The first-order chi connectivity index (χ1) is 12.7. The van der Waals surface area contributed by atoms with Gasteiger partial charge in [-0.2, -0.15) is 18.3 Å². The number of aromatic nitrogens is 2. The summed E-state index contributed by atoms with van der Waals surface area (Å²) in [6, 6.07) is 5.58. The van der Waals surface area contributed by atoms with Crippen molar-refractivity contribution in [2.24, 2.45) is 0 Å². The van der Waals surface area contributed by atoms with Gasteiger partial charge in [-0.25, -0.2) is 9.48 Å². The van der Waals surface area contributed by atoms with Gasteiger partial charge in [0.1, 0.15) is 5.56 Å². The number of carboxylic acid groups (broad SMARTS) is 1. The molecule has 0 atom stereocenters. The van der Waals surface area contributed by atoms with E-state index >= 15 is 0 Å². The van der Waals surface area contributed by atoms with Crippen LogP contribution in [0.5, 0.6) is 0 Å². The second kappa shape index (κ2) is 5.83. The molecular weight excluding hydrogens is 363 g/mol. The highest BCUT2D eigenvalue weighted by atomic mass is 19.4. The predicted octanol–water partition coefficient (Wildman–Crippen LogP) is 3.36. The molecule has 0 bridgehead atoms. The maximum atomic E-state index is 13.3. The molecular formula is C18H16F3N3O3. The lowest BCUT2D eigenvalue weighted by molar-refractivity contribution is -0.143. The molecule has 1 aliphatic carbocycles. The standard InChI is InChI=1S/C18H16F3N3O3/c19-18(20,21)14-13(16(26)27)10-22-24(14)12-4-2-11(3-5-12)15(25)23-9-8-17(23)6-1-7-17/h2-5,10H,1,6-9H2,(H,26,27). The van der Waals surface area contributed by atoms with Gasteiger partial charge in [0.05, 0.1) is 11.9 Å². The summed E-state index contributed by atoms with van der Waals surface area (Å²) < 4.78 is 40.4. The predicted molar refractivity (Wildman–Crippen MR) is 87.8 cm³/mol. The molecule has 1 aliphatic heterocycles. The van der Waals surface area contributed by atoms with Crippen LogP contribution in [0.1, 0.15) is 52.1 Å². The number of likely N-dealkylation sites (tertiary alicyclic amines) is 1. The monoisotopic (exact) mass is 379 g/mol. The van der Waals surface area contributed by atoms with E-state index in [1.807, 2.05) is 4.90 Å². The fourth-order valence-electron chi connectivity index (χ4n) is 3.84. The number of hydrogen-bond acceptors (Lipinski definition) is 3. The Morgan fingerprint density at radius 1 is 1.11 bits per heavy atom. The molecule has 6 nitrogen and oxygen atoms in total. The molecule has 1 aromatic carbocycles. The molecule has 1 saturated heterocycles. The van der Waals surface area contributed by atoms with Crippen molar-refractivity contribution in [3.8, 4) is 5.69 Å². The summed E-state index contributed by atoms with van der Waals surface area (Å²) in [6.45, 7) is 0.694. The van der Waals surface area contributed by atoms with Gasteiger partial charge in [0, 0.05) is 17.6 Å². The maximum Gasteiger partial charge on any atom is 0.434 e. The van der Waals surface area contributed by atoms with Gasteiger partial charge in [0.25, 0.3) is 5.91 Å². The van der Waals surface area contributed by atoms with Gasteiger partial charge in [-0.3, -0.25) is 4.79 Å². The number of carbonyl (C=O) groups is 2. The number of carboxylic acids is 1. The van der Waals surface area contributed by atoms with E-state index in [-0.39, 0.29) is 17.1 Å². The summed E-state index contributed by atoms with van der Waals surface area (Å²) in [5.41, 5.74) is -1.87. The molecule has 1 N–H and O–H groups in total. The Morgan fingerprint density at radius 2 is 1.78 bits per heavy atom. The van der Waals surface area contributed by atoms with Crippen molar-refractivity contribution in [3.63, 3.8) is 0 Å². The normalized spacial score (nSPS) is 18.1. The average molecular weight is 379 g/mol. The van der Waals surface area contributed by atoms with E-state index in [4.69, 9.17) is 5.11 Å². The lowest BCUT2D eigenvalue weighted by Crippen LogP contribution is -2.65. The number of alkyl halides is 3. The number of carbonyl (C=O) groups excluding carboxylic acids is 1. The summed E-state index contributed by atoms with van der Waals surface area (Å²) in [7, 11) is 0. The van der Waals surface area contributed by atoms with E-state index in [9.17, 15) is 22.8 Å². The van der Waals surface area contributed by atoms with Crippen molar-refractivity contribution in [1.29, 1.82) is 0 Å². The molecule has 2 heterocycles. The number of hydrogen-bond donors (Lipinski definition) is 1. The molecule has 0 radical (unpaired) electrons. The van der Waals surface area contributed by atoms with Crippen LogP contribution in [0.4, 0.5) is 13.2 Å². The van der Waals surface area contributed by atoms with Crippen LogP contribution in [0.3, 0.4) is 0 Å². The topological polar surface area (TPSA) is 75.4 Å². The second-order valence-electron chi connectivity index (χ2n) is 6.95. The van der Waals surface area contributed by atoms with Gasteiger partial charge in [-0.15, -0.1) is 0 Å². The Hall–Kier alpha value is -2.84. The van der Waals surface area contributed by atoms with Crippen LogP contribution in [0.15, 0.2) is 30.5 Å². The first-order valence-corrected chi connectivity index (χ1v) is 8.54. The number of nitrogens with zero attached hydrogens (tertiary/aromatic N) is 3. The first kappa shape index (κ1) is 17.6. The minimum Gasteiger partial charge on any atom is -0.478 e. The molecule has 2 aromatic rings. The van der Waals surface area contributed by atoms with Crippen molar-refractivity contribution < 1.29 is 27.9 Å². The van der Waals surface area contributed by atoms with E-state index in [2.05, 4.69) is 5.10 Å². The summed E-state index contributed by atoms with van der Waals surface area (Å²) in [6.07, 6.45) is -0.114. The fraction of sp³-hybridized carbons (Fsp3) is 0.389. The van der Waals surface area contributed by atoms with Crippen LogP contribution in [0.25, 0.3) is 5.69 Å². The molecule has 1 saturated carbocycles. The second-order valence-corrected chi connectivity index (χ2v) is 6.95. The molecule has 2 fully saturated rings. The van der Waals surface area contributed by atoms with Gasteiger partial charge in [-0.05, 0) is 49.9 Å². The van der Waals surface area contributed by atoms with Crippen molar-refractivity contribution in [3.05, 3.63) is 47.3 Å². The summed E-state index contributed by atoms with van der Waals surface area (Å²) in [5.74, 6) is -1.83. The Balaban J connectivity index is 1.63. The Morgan fingerprint density at radius 3 is 2.22 bits per heavy atom. The third-order valence-corrected chi connectivity index (χ3v) is 5.53. The quantitative estimate of drug-likeness (QED) is 0.887. The molecule has 2 aliphatic rings. The Labute approximate surface area is 152 Å². The van der Waals surface area contributed by atoms with Gasteiger partial charge >= 0.3 is 12.1 Å². The summed E-state index contributed by atoms with van der Waals surface area (Å²) in [4.78, 5) is 25.5. The molecule has 1 spiro atoms. The van der Waals surface area contributed by atoms with Crippen LogP contribution in [-0.2, 0) is 6.18 Å². The van der Waals surface area contributed by atoms with E-state index in [0.717, 1.165) is 25.7 Å². The number of benzene rings is 1. The number of amides is 1. The van der Waals surface area contributed by atoms with Crippen molar-refractivity contribution in [1.82, 2.24) is 14.7 Å². The zero-order valence-corrected chi connectivity index (χ0v) is 14.2. The highest BCUT2D eigenvalue weighted by Crippen LogP contribution is 2.47. The SMILES string of the molecule is O=C(O)c1cnn(-c2ccc(C(=O)N3CCC34CCC4)cc2)c1C(F)(F)F. The van der Waals surface area contributed by atoms with Crippen molar-refractivity contribution in [2.45, 2.75) is 37.4 Å². The Kier molecular flexibility index (Phi) is 3.79. The minimum atomic E-state index is -4.88. The molecule has 0 unspecified atom stereocenters. The molecule has 4 rings (SSSR count). The third-order valence-electron chi connectivity index (χ3n) is 5.53. The highest BCUT2D eigenvalue weighted by Gasteiger charge is 2.51. The average Bonchev–Trinajstić information content (AvgIpc) is 2.98. The molecule has 1 amide bonds. The van der Waals surface area contributed by atoms with E-state index in [1.54, 1.807) is 0 Å². The number of rotatable bonds is 3. The molecule has 27 heavy (non-hydrogen) atoms. The van der Waals surface area contributed by atoms with Gasteiger partial charge in [0.15, 0.2) is 5.69 Å². The highest BCUT2D eigenvalue weighted by molar-refractivity contribution is 5.95. The number of aromatic carboxylic acids is 1. The van der Waals surface area contributed by atoms with Crippen LogP contribution < -0.4 is 0 Å². The third kappa shape index (κ3) is 2.68. The fourth-order valence-corrected chi connectivity index (χ4v) is 3.84. The first-order valence-electron chi connectivity index (χ1n) is 8.54. The minimum absolute atomic E-state index is 0.0163. The molecule has 9 heteroatoms. The summed E-state index contributed by atoms with van der Waals surface area (Å²) in [5, 5.41) is 12.6. The lowest BCUT2D eigenvalue weighted by atomic mass is 9.67. The maximum absolute atomic E-state index is 13.3. The van der Waals surface area contributed by atoms with E-state index in [1.165, 1.54) is 24.3 Å². The Bertz CT molecular complexity index is 909.